The summed E-state index contributed by atoms with van der Waals surface area (Å²) in [6.07, 6.45) is 0. The van der Waals surface area contributed by atoms with Crippen LogP contribution in [0.5, 0.6) is 0 Å². The van der Waals surface area contributed by atoms with Crippen molar-refractivity contribution in [2.75, 3.05) is 11.9 Å². The molecule has 21 heavy (non-hydrogen) atoms. The van der Waals surface area contributed by atoms with E-state index in [0.29, 0.717) is 11.3 Å². The van der Waals surface area contributed by atoms with Gasteiger partial charge in [0.2, 0.25) is 0 Å². The summed E-state index contributed by atoms with van der Waals surface area (Å²) in [7, 11) is 1.55. The third-order valence-corrected chi connectivity index (χ3v) is 3.22. The van der Waals surface area contributed by atoms with Crippen LogP contribution < -0.4 is 4.90 Å². The second-order valence-corrected chi connectivity index (χ2v) is 4.68. The van der Waals surface area contributed by atoms with Crippen molar-refractivity contribution in [1.29, 1.82) is 0 Å². The summed E-state index contributed by atoms with van der Waals surface area (Å²) >= 11 is 0. The molecule has 0 aliphatic carbocycles. The van der Waals surface area contributed by atoms with E-state index < -0.39 is 11.8 Å². The highest BCUT2D eigenvalue weighted by atomic mass is 19.1. The van der Waals surface area contributed by atoms with Crippen LogP contribution in [0.15, 0.2) is 42.5 Å². The monoisotopic (exact) mass is 287 g/mol. The molecule has 0 saturated heterocycles. The van der Waals surface area contributed by atoms with Gasteiger partial charge >= 0.3 is 5.97 Å². The Hall–Kier alpha value is -2.69. The van der Waals surface area contributed by atoms with Gasteiger partial charge in [-0.2, -0.15) is 0 Å². The summed E-state index contributed by atoms with van der Waals surface area (Å²) in [5.41, 5.74) is 1.38. The second kappa shape index (κ2) is 5.75. The third kappa shape index (κ3) is 3.08. The van der Waals surface area contributed by atoms with Gasteiger partial charge in [0, 0.05) is 18.3 Å². The van der Waals surface area contributed by atoms with Gasteiger partial charge in [0.15, 0.2) is 0 Å². The van der Waals surface area contributed by atoms with Crippen LogP contribution in [0, 0.1) is 12.7 Å². The predicted octanol–water partition coefficient (Wildman–Crippen LogP) is 3.11. The first kappa shape index (κ1) is 14.7. The van der Waals surface area contributed by atoms with Crippen LogP contribution in [0.25, 0.3) is 0 Å². The zero-order valence-electron chi connectivity index (χ0n) is 11.6. The van der Waals surface area contributed by atoms with Crippen LogP contribution in [0.4, 0.5) is 10.1 Å². The smallest absolute Gasteiger partial charge is 0.335 e. The van der Waals surface area contributed by atoms with Gasteiger partial charge in [-0.15, -0.1) is 0 Å². The molecule has 0 fully saturated rings. The van der Waals surface area contributed by atoms with E-state index in [-0.39, 0.29) is 17.0 Å². The summed E-state index contributed by atoms with van der Waals surface area (Å²) in [5.74, 6) is -1.83. The first-order chi connectivity index (χ1) is 9.90. The van der Waals surface area contributed by atoms with Crippen LogP contribution >= 0.6 is 0 Å². The van der Waals surface area contributed by atoms with Crippen molar-refractivity contribution in [3.05, 3.63) is 65.0 Å². The highest BCUT2D eigenvalue weighted by molar-refractivity contribution is 6.05. The van der Waals surface area contributed by atoms with E-state index >= 15 is 0 Å². The molecule has 0 atom stereocenters. The SMILES string of the molecule is Cc1ccc(C(=O)N(C)c2ccc(C(=O)O)cc2)cc1F. The van der Waals surface area contributed by atoms with Gasteiger partial charge in [-0.1, -0.05) is 6.07 Å². The number of aryl methyl sites for hydroxylation is 1. The van der Waals surface area contributed by atoms with E-state index in [9.17, 15) is 14.0 Å². The molecule has 0 aliphatic rings. The molecule has 0 aromatic heterocycles. The summed E-state index contributed by atoms with van der Waals surface area (Å²) in [5, 5.41) is 8.84. The van der Waals surface area contributed by atoms with Gasteiger partial charge in [0.05, 0.1) is 5.56 Å². The Morgan fingerprint density at radius 2 is 1.62 bits per heavy atom. The van der Waals surface area contributed by atoms with Crippen molar-refractivity contribution < 1.29 is 19.1 Å². The van der Waals surface area contributed by atoms with Gasteiger partial charge in [0.1, 0.15) is 5.82 Å². The number of hydrogen-bond acceptors (Lipinski definition) is 2. The van der Waals surface area contributed by atoms with Crippen molar-refractivity contribution in [2.24, 2.45) is 0 Å². The van der Waals surface area contributed by atoms with E-state index in [2.05, 4.69) is 0 Å². The number of carbonyl (C=O) groups is 2. The standard InChI is InChI=1S/C16H14FNO3/c1-10-3-4-12(9-14(10)17)15(19)18(2)13-7-5-11(6-8-13)16(20)21/h3-9H,1-2H3,(H,20,21). The number of benzene rings is 2. The molecule has 5 heteroatoms. The molecule has 1 N–H and O–H groups in total. The van der Waals surface area contributed by atoms with Gasteiger partial charge in [-0.05, 0) is 48.9 Å². The van der Waals surface area contributed by atoms with Gasteiger partial charge in [-0.25, -0.2) is 9.18 Å². The van der Waals surface area contributed by atoms with Crippen LogP contribution in [0.1, 0.15) is 26.3 Å². The number of carboxylic acids is 1. The molecule has 0 heterocycles. The number of amides is 1. The Morgan fingerprint density at radius 1 is 1.05 bits per heavy atom. The number of anilines is 1. The molecule has 0 spiro atoms. The highest BCUT2D eigenvalue weighted by Crippen LogP contribution is 2.18. The molecule has 2 aromatic rings. The molecular weight excluding hydrogens is 273 g/mol. The fourth-order valence-corrected chi connectivity index (χ4v) is 1.86. The highest BCUT2D eigenvalue weighted by Gasteiger charge is 2.15. The molecule has 1 amide bonds. The minimum absolute atomic E-state index is 0.140. The van der Waals surface area contributed by atoms with Gasteiger partial charge in [-0.3, -0.25) is 4.79 Å². The lowest BCUT2D eigenvalue weighted by Crippen LogP contribution is -2.26. The molecule has 4 nitrogen and oxygen atoms in total. The number of hydrogen-bond donors (Lipinski definition) is 1. The Labute approximate surface area is 121 Å². The van der Waals surface area contributed by atoms with Crippen LogP contribution in [0.2, 0.25) is 0 Å². The fourth-order valence-electron chi connectivity index (χ4n) is 1.86. The first-order valence-corrected chi connectivity index (χ1v) is 6.27. The minimum Gasteiger partial charge on any atom is -0.478 e. The molecule has 0 bridgehead atoms. The van der Waals surface area contributed by atoms with Crippen molar-refractivity contribution in [1.82, 2.24) is 0 Å². The maximum absolute atomic E-state index is 13.5. The lowest BCUT2D eigenvalue weighted by molar-refractivity contribution is 0.0696. The topological polar surface area (TPSA) is 57.6 Å². The van der Waals surface area contributed by atoms with E-state index in [1.807, 2.05) is 0 Å². The lowest BCUT2D eigenvalue weighted by Gasteiger charge is -2.17. The van der Waals surface area contributed by atoms with Crippen molar-refractivity contribution >= 4 is 17.6 Å². The molecule has 2 rings (SSSR count). The predicted molar refractivity (Wildman–Crippen MR) is 77.3 cm³/mol. The van der Waals surface area contributed by atoms with E-state index in [1.54, 1.807) is 26.1 Å². The lowest BCUT2D eigenvalue weighted by atomic mass is 10.1. The third-order valence-electron chi connectivity index (χ3n) is 3.22. The Bertz CT molecular complexity index is 695. The molecule has 0 aliphatic heterocycles. The summed E-state index contributed by atoms with van der Waals surface area (Å²) in [6.45, 7) is 1.62. The summed E-state index contributed by atoms with van der Waals surface area (Å²) in [4.78, 5) is 24.4. The molecule has 0 saturated carbocycles. The average molecular weight is 287 g/mol. The Balaban J connectivity index is 2.25. The van der Waals surface area contributed by atoms with Crippen LogP contribution in [-0.2, 0) is 0 Å². The number of halogens is 1. The van der Waals surface area contributed by atoms with E-state index in [1.165, 1.54) is 35.2 Å². The second-order valence-electron chi connectivity index (χ2n) is 4.68. The maximum Gasteiger partial charge on any atom is 0.335 e. The van der Waals surface area contributed by atoms with Crippen molar-refractivity contribution in [2.45, 2.75) is 6.92 Å². The van der Waals surface area contributed by atoms with Crippen molar-refractivity contribution in [3.63, 3.8) is 0 Å². The van der Waals surface area contributed by atoms with Crippen LogP contribution in [-0.4, -0.2) is 24.0 Å². The molecule has 0 unspecified atom stereocenters. The summed E-state index contributed by atoms with van der Waals surface area (Å²) < 4.78 is 13.5. The molecular formula is C16H14FNO3. The minimum atomic E-state index is -1.03. The maximum atomic E-state index is 13.5. The number of nitrogens with zero attached hydrogens (tertiary/aromatic N) is 1. The quantitative estimate of drug-likeness (QED) is 0.943. The first-order valence-electron chi connectivity index (χ1n) is 6.27. The van der Waals surface area contributed by atoms with Gasteiger partial charge < -0.3 is 10.0 Å². The van der Waals surface area contributed by atoms with Crippen LogP contribution in [0.3, 0.4) is 0 Å². The largest absolute Gasteiger partial charge is 0.478 e. The van der Waals surface area contributed by atoms with Gasteiger partial charge in [0.25, 0.3) is 5.91 Å². The average Bonchev–Trinajstić information content (AvgIpc) is 2.48. The fraction of sp³-hybridized carbons (Fsp3) is 0.125. The number of aromatic carboxylic acids is 1. The zero-order chi connectivity index (χ0) is 15.6. The molecule has 0 radical (unpaired) electrons. The number of carboxylic acid groups (broad SMARTS) is 1. The Kier molecular flexibility index (Phi) is 4.03. The van der Waals surface area contributed by atoms with Crippen molar-refractivity contribution in [3.8, 4) is 0 Å². The molecule has 2 aromatic carbocycles. The zero-order valence-corrected chi connectivity index (χ0v) is 11.6. The number of rotatable bonds is 3. The Morgan fingerprint density at radius 3 is 2.14 bits per heavy atom. The summed E-state index contributed by atoms with van der Waals surface area (Å²) in [6, 6.07) is 10.2. The van der Waals surface area contributed by atoms with E-state index in [4.69, 9.17) is 5.11 Å². The normalized spacial score (nSPS) is 10.2. The molecule has 108 valence electrons. The number of carbonyl (C=O) groups excluding carboxylic acids is 1. The van der Waals surface area contributed by atoms with E-state index in [0.717, 1.165) is 0 Å².